The number of allylic oxidation sites excluding steroid dienone is 2. The highest BCUT2D eigenvalue weighted by molar-refractivity contribution is 4.94. The standard InChI is InChI=1S/C12H20N2/c1-12(2,9-13)10-14-8-11-6-4-3-5-7-11/h3-4,11,14H,5-8,10H2,1-2H3. The third kappa shape index (κ3) is 3.93. The molecule has 0 fully saturated rings. The fourth-order valence-electron chi connectivity index (χ4n) is 1.67. The lowest BCUT2D eigenvalue weighted by atomic mass is 9.92. The molecule has 0 aliphatic heterocycles. The van der Waals surface area contributed by atoms with E-state index in [9.17, 15) is 0 Å². The summed E-state index contributed by atoms with van der Waals surface area (Å²) in [6.45, 7) is 5.79. The predicted octanol–water partition coefficient (Wildman–Crippen LogP) is 2.48. The zero-order chi connectivity index (χ0) is 10.4. The Labute approximate surface area is 87.0 Å². The van der Waals surface area contributed by atoms with E-state index in [1.165, 1.54) is 19.3 Å². The summed E-state index contributed by atoms with van der Waals surface area (Å²) >= 11 is 0. The largest absolute Gasteiger partial charge is 0.315 e. The summed E-state index contributed by atoms with van der Waals surface area (Å²) in [6, 6.07) is 2.30. The van der Waals surface area contributed by atoms with Crippen molar-refractivity contribution in [3.63, 3.8) is 0 Å². The minimum absolute atomic E-state index is 0.232. The van der Waals surface area contributed by atoms with Gasteiger partial charge in [-0.05, 0) is 45.6 Å². The lowest BCUT2D eigenvalue weighted by Crippen LogP contribution is -2.32. The van der Waals surface area contributed by atoms with E-state index >= 15 is 0 Å². The van der Waals surface area contributed by atoms with Crippen molar-refractivity contribution in [2.24, 2.45) is 11.3 Å². The fraction of sp³-hybridized carbons (Fsp3) is 0.750. The van der Waals surface area contributed by atoms with Crippen molar-refractivity contribution in [2.45, 2.75) is 33.1 Å². The zero-order valence-corrected chi connectivity index (χ0v) is 9.21. The van der Waals surface area contributed by atoms with Gasteiger partial charge in [0.1, 0.15) is 0 Å². The monoisotopic (exact) mass is 192 g/mol. The maximum absolute atomic E-state index is 8.83. The lowest BCUT2D eigenvalue weighted by Gasteiger charge is -2.21. The first-order valence-corrected chi connectivity index (χ1v) is 5.41. The highest BCUT2D eigenvalue weighted by Gasteiger charge is 2.17. The van der Waals surface area contributed by atoms with Crippen LogP contribution >= 0.6 is 0 Å². The van der Waals surface area contributed by atoms with E-state index < -0.39 is 0 Å². The van der Waals surface area contributed by atoms with Crippen molar-refractivity contribution in [1.29, 1.82) is 5.26 Å². The Balaban J connectivity index is 2.15. The Morgan fingerprint density at radius 3 is 2.86 bits per heavy atom. The van der Waals surface area contributed by atoms with Crippen molar-refractivity contribution in [3.8, 4) is 6.07 Å². The Kier molecular flexibility index (Phi) is 4.16. The Hall–Kier alpha value is -0.810. The van der Waals surface area contributed by atoms with Crippen molar-refractivity contribution < 1.29 is 0 Å². The van der Waals surface area contributed by atoms with Gasteiger partial charge in [0.15, 0.2) is 0 Å². The van der Waals surface area contributed by atoms with Crippen LogP contribution in [0.1, 0.15) is 33.1 Å². The fourth-order valence-corrected chi connectivity index (χ4v) is 1.67. The van der Waals surface area contributed by atoms with Crippen LogP contribution in [0.3, 0.4) is 0 Å². The Morgan fingerprint density at radius 2 is 2.29 bits per heavy atom. The first kappa shape index (κ1) is 11.3. The van der Waals surface area contributed by atoms with Gasteiger partial charge in [0.05, 0.1) is 11.5 Å². The molecule has 0 heterocycles. The molecule has 1 N–H and O–H groups in total. The molecule has 14 heavy (non-hydrogen) atoms. The quantitative estimate of drug-likeness (QED) is 0.695. The summed E-state index contributed by atoms with van der Waals surface area (Å²) in [5, 5.41) is 12.2. The SMILES string of the molecule is CC(C)(C#N)CNCC1CC=CCC1. The second-order valence-corrected chi connectivity index (χ2v) is 4.78. The molecule has 1 rings (SSSR count). The summed E-state index contributed by atoms with van der Waals surface area (Å²) in [5.74, 6) is 0.773. The second-order valence-electron chi connectivity index (χ2n) is 4.78. The molecule has 0 saturated heterocycles. The maximum atomic E-state index is 8.83. The van der Waals surface area contributed by atoms with Gasteiger partial charge in [-0.1, -0.05) is 12.2 Å². The van der Waals surface area contributed by atoms with Crippen LogP contribution in [0.4, 0.5) is 0 Å². The van der Waals surface area contributed by atoms with Crippen LogP contribution in [0.2, 0.25) is 0 Å². The summed E-state index contributed by atoms with van der Waals surface area (Å²) < 4.78 is 0. The predicted molar refractivity (Wildman–Crippen MR) is 58.7 cm³/mol. The molecule has 1 atom stereocenters. The smallest absolute Gasteiger partial charge is 0.0697 e. The van der Waals surface area contributed by atoms with E-state index in [-0.39, 0.29) is 5.41 Å². The van der Waals surface area contributed by atoms with Gasteiger partial charge < -0.3 is 5.32 Å². The summed E-state index contributed by atoms with van der Waals surface area (Å²) in [4.78, 5) is 0. The average molecular weight is 192 g/mol. The van der Waals surface area contributed by atoms with E-state index in [0.29, 0.717) is 0 Å². The van der Waals surface area contributed by atoms with Gasteiger partial charge in [0.25, 0.3) is 0 Å². The summed E-state index contributed by atoms with van der Waals surface area (Å²) in [7, 11) is 0. The molecule has 2 nitrogen and oxygen atoms in total. The van der Waals surface area contributed by atoms with Crippen LogP contribution in [0, 0.1) is 22.7 Å². The third-order valence-corrected chi connectivity index (χ3v) is 2.68. The molecule has 0 aromatic carbocycles. The number of nitriles is 1. The molecular weight excluding hydrogens is 172 g/mol. The number of nitrogens with one attached hydrogen (secondary N) is 1. The van der Waals surface area contributed by atoms with Gasteiger partial charge in [-0.2, -0.15) is 5.26 Å². The van der Waals surface area contributed by atoms with Gasteiger partial charge in [-0.25, -0.2) is 0 Å². The average Bonchev–Trinajstić information content (AvgIpc) is 2.19. The van der Waals surface area contributed by atoms with E-state index in [2.05, 4.69) is 23.5 Å². The van der Waals surface area contributed by atoms with Crippen molar-refractivity contribution in [1.82, 2.24) is 5.32 Å². The molecule has 0 saturated carbocycles. The highest BCUT2D eigenvalue weighted by atomic mass is 14.9. The van der Waals surface area contributed by atoms with Crippen LogP contribution in [0.5, 0.6) is 0 Å². The van der Waals surface area contributed by atoms with E-state index in [1.54, 1.807) is 0 Å². The number of nitrogens with zero attached hydrogens (tertiary/aromatic N) is 1. The van der Waals surface area contributed by atoms with Crippen molar-refractivity contribution >= 4 is 0 Å². The highest BCUT2D eigenvalue weighted by Crippen LogP contribution is 2.17. The third-order valence-electron chi connectivity index (χ3n) is 2.68. The number of hydrogen-bond acceptors (Lipinski definition) is 2. The molecule has 0 spiro atoms. The van der Waals surface area contributed by atoms with E-state index in [4.69, 9.17) is 5.26 Å². The van der Waals surface area contributed by atoms with E-state index in [0.717, 1.165) is 19.0 Å². The molecule has 0 bridgehead atoms. The van der Waals surface area contributed by atoms with Gasteiger partial charge in [-0.3, -0.25) is 0 Å². The van der Waals surface area contributed by atoms with Crippen LogP contribution in [0.15, 0.2) is 12.2 Å². The molecule has 78 valence electrons. The van der Waals surface area contributed by atoms with E-state index in [1.807, 2.05) is 13.8 Å². The minimum Gasteiger partial charge on any atom is -0.315 e. The van der Waals surface area contributed by atoms with Gasteiger partial charge in [0.2, 0.25) is 0 Å². The summed E-state index contributed by atoms with van der Waals surface area (Å²) in [6.07, 6.45) is 8.23. The van der Waals surface area contributed by atoms with Crippen LogP contribution < -0.4 is 5.32 Å². The van der Waals surface area contributed by atoms with Gasteiger partial charge in [-0.15, -0.1) is 0 Å². The summed E-state index contributed by atoms with van der Waals surface area (Å²) in [5.41, 5.74) is -0.232. The van der Waals surface area contributed by atoms with Crippen LogP contribution in [-0.2, 0) is 0 Å². The molecule has 1 aliphatic rings. The second kappa shape index (κ2) is 5.17. The number of rotatable bonds is 4. The molecule has 1 aliphatic carbocycles. The number of hydrogen-bond donors (Lipinski definition) is 1. The minimum atomic E-state index is -0.232. The zero-order valence-electron chi connectivity index (χ0n) is 9.21. The Bertz CT molecular complexity index is 235. The van der Waals surface area contributed by atoms with Gasteiger partial charge in [0, 0.05) is 6.54 Å². The molecule has 0 aromatic heterocycles. The first-order chi connectivity index (χ1) is 6.64. The van der Waals surface area contributed by atoms with Crippen LogP contribution in [-0.4, -0.2) is 13.1 Å². The molecule has 1 unspecified atom stereocenters. The van der Waals surface area contributed by atoms with Crippen molar-refractivity contribution in [3.05, 3.63) is 12.2 Å². The first-order valence-electron chi connectivity index (χ1n) is 5.41. The molecule has 2 heteroatoms. The molecular formula is C12H20N2. The Morgan fingerprint density at radius 1 is 1.50 bits per heavy atom. The van der Waals surface area contributed by atoms with Crippen LogP contribution in [0.25, 0.3) is 0 Å². The van der Waals surface area contributed by atoms with Crippen molar-refractivity contribution in [2.75, 3.05) is 13.1 Å². The maximum Gasteiger partial charge on any atom is 0.0697 e. The van der Waals surface area contributed by atoms with Gasteiger partial charge >= 0.3 is 0 Å². The normalized spacial score (nSPS) is 21.9. The lowest BCUT2D eigenvalue weighted by molar-refractivity contribution is 0.387. The molecule has 0 radical (unpaired) electrons. The molecule has 0 amide bonds. The topological polar surface area (TPSA) is 35.8 Å². The molecule has 0 aromatic rings.